The van der Waals surface area contributed by atoms with E-state index >= 15 is 0 Å². The van der Waals surface area contributed by atoms with Gasteiger partial charge in [0.2, 0.25) is 0 Å². The Balaban J connectivity index is 2.22. The Bertz CT molecular complexity index is 451. The number of anilines is 2. The summed E-state index contributed by atoms with van der Waals surface area (Å²) in [5.74, 6) is 0. The zero-order valence-electron chi connectivity index (χ0n) is 8.57. The summed E-state index contributed by atoms with van der Waals surface area (Å²) in [5.41, 5.74) is 3.37. The van der Waals surface area contributed by atoms with Crippen molar-refractivity contribution in [1.82, 2.24) is 0 Å². The zero-order chi connectivity index (χ0) is 10.7. The topological polar surface area (TPSA) is 12.0 Å². The molecule has 0 fully saturated rings. The number of rotatable bonds is 2. The Hall–Kier alpha value is -1.41. The Labute approximate surface area is 95.6 Å². The highest BCUT2D eigenvalue weighted by molar-refractivity contribution is 7.80. The van der Waals surface area contributed by atoms with E-state index in [2.05, 4.69) is 30.9 Å². The Kier molecular flexibility index (Phi) is 2.97. The fourth-order valence-electron chi connectivity index (χ4n) is 1.42. The summed E-state index contributed by atoms with van der Waals surface area (Å²) in [7, 11) is 0. The van der Waals surface area contributed by atoms with Gasteiger partial charge in [-0.15, -0.1) is 12.6 Å². The maximum Gasteiger partial charge on any atom is 0.0387 e. The van der Waals surface area contributed by atoms with Crippen LogP contribution in [0.15, 0.2) is 53.4 Å². The van der Waals surface area contributed by atoms with Gasteiger partial charge in [0, 0.05) is 16.3 Å². The van der Waals surface area contributed by atoms with Crippen LogP contribution in [-0.2, 0) is 0 Å². The van der Waals surface area contributed by atoms with Crippen molar-refractivity contribution in [2.75, 3.05) is 5.32 Å². The average molecular weight is 215 g/mol. The van der Waals surface area contributed by atoms with Crippen molar-refractivity contribution in [2.45, 2.75) is 11.8 Å². The Morgan fingerprint density at radius 3 is 2.33 bits per heavy atom. The van der Waals surface area contributed by atoms with Crippen LogP contribution >= 0.6 is 12.6 Å². The van der Waals surface area contributed by atoms with Crippen LogP contribution in [0, 0.1) is 6.92 Å². The first-order chi connectivity index (χ1) is 7.25. The van der Waals surface area contributed by atoms with Gasteiger partial charge in [-0.3, -0.25) is 0 Å². The number of aryl methyl sites for hydroxylation is 1. The molecule has 0 spiro atoms. The predicted octanol–water partition coefficient (Wildman–Crippen LogP) is 4.03. The van der Waals surface area contributed by atoms with Gasteiger partial charge in [-0.25, -0.2) is 0 Å². The summed E-state index contributed by atoms with van der Waals surface area (Å²) in [6, 6.07) is 16.3. The first-order valence-corrected chi connectivity index (χ1v) is 5.32. The van der Waals surface area contributed by atoms with Crippen molar-refractivity contribution < 1.29 is 0 Å². The van der Waals surface area contributed by atoms with Gasteiger partial charge in [-0.1, -0.05) is 18.2 Å². The summed E-state index contributed by atoms with van der Waals surface area (Å²) in [4.78, 5) is 1.02. The number of thiol groups is 1. The van der Waals surface area contributed by atoms with E-state index in [0.717, 1.165) is 16.3 Å². The first-order valence-electron chi connectivity index (χ1n) is 4.87. The number of benzene rings is 2. The lowest BCUT2D eigenvalue weighted by molar-refractivity contribution is 1.31. The molecule has 0 heterocycles. The third-order valence-electron chi connectivity index (χ3n) is 2.26. The molecule has 0 amide bonds. The second-order valence-corrected chi connectivity index (χ2v) is 3.97. The molecular formula is C13H13NS. The molecule has 0 bridgehead atoms. The largest absolute Gasteiger partial charge is 0.356 e. The van der Waals surface area contributed by atoms with Gasteiger partial charge in [-0.05, 0) is 42.8 Å². The zero-order valence-corrected chi connectivity index (χ0v) is 9.46. The van der Waals surface area contributed by atoms with Crippen LogP contribution in [-0.4, -0.2) is 0 Å². The molecule has 0 aromatic heterocycles. The minimum absolute atomic E-state index is 1.02. The molecule has 2 rings (SSSR count). The molecule has 2 heteroatoms. The molecule has 0 aliphatic rings. The summed E-state index contributed by atoms with van der Waals surface area (Å²) in [6.45, 7) is 2.05. The van der Waals surface area contributed by atoms with E-state index in [9.17, 15) is 0 Å². The van der Waals surface area contributed by atoms with Gasteiger partial charge in [0.05, 0.1) is 0 Å². The minimum atomic E-state index is 1.02. The van der Waals surface area contributed by atoms with Crippen molar-refractivity contribution in [3.8, 4) is 0 Å². The fourth-order valence-corrected chi connectivity index (χ4v) is 1.56. The summed E-state index contributed by atoms with van der Waals surface area (Å²) in [5, 5.41) is 3.34. The van der Waals surface area contributed by atoms with Gasteiger partial charge >= 0.3 is 0 Å². The van der Waals surface area contributed by atoms with Crippen LogP contribution in [0.2, 0.25) is 0 Å². The molecule has 2 aromatic rings. The highest BCUT2D eigenvalue weighted by Crippen LogP contribution is 2.21. The average Bonchev–Trinajstić information content (AvgIpc) is 2.25. The highest BCUT2D eigenvalue weighted by atomic mass is 32.1. The lowest BCUT2D eigenvalue weighted by atomic mass is 10.2. The minimum Gasteiger partial charge on any atom is -0.356 e. The van der Waals surface area contributed by atoms with E-state index in [1.807, 2.05) is 42.5 Å². The molecule has 2 aromatic carbocycles. The summed E-state index contributed by atoms with van der Waals surface area (Å²) >= 11 is 4.34. The molecule has 0 atom stereocenters. The highest BCUT2D eigenvalue weighted by Gasteiger charge is 1.96. The van der Waals surface area contributed by atoms with Gasteiger partial charge in [0.1, 0.15) is 0 Å². The van der Waals surface area contributed by atoms with E-state index < -0.39 is 0 Å². The van der Waals surface area contributed by atoms with Crippen molar-refractivity contribution >= 4 is 24.0 Å². The predicted molar refractivity (Wildman–Crippen MR) is 68.2 cm³/mol. The maximum atomic E-state index is 4.34. The lowest BCUT2D eigenvalue weighted by Gasteiger charge is -2.07. The SMILES string of the molecule is Cc1cc(Nc2ccccc2)ccc1S. The van der Waals surface area contributed by atoms with E-state index in [1.54, 1.807) is 0 Å². The molecular weight excluding hydrogens is 202 g/mol. The molecule has 15 heavy (non-hydrogen) atoms. The van der Waals surface area contributed by atoms with Crippen LogP contribution in [0.4, 0.5) is 11.4 Å². The van der Waals surface area contributed by atoms with Gasteiger partial charge < -0.3 is 5.32 Å². The summed E-state index contributed by atoms with van der Waals surface area (Å²) in [6.07, 6.45) is 0. The maximum absolute atomic E-state index is 4.34. The van der Waals surface area contributed by atoms with E-state index in [1.165, 1.54) is 5.56 Å². The van der Waals surface area contributed by atoms with Crippen LogP contribution in [0.3, 0.4) is 0 Å². The third kappa shape index (κ3) is 2.54. The lowest BCUT2D eigenvalue weighted by Crippen LogP contribution is -1.90. The number of hydrogen-bond acceptors (Lipinski definition) is 2. The quantitative estimate of drug-likeness (QED) is 0.721. The number of nitrogens with one attached hydrogen (secondary N) is 1. The number of para-hydroxylation sites is 1. The smallest absolute Gasteiger partial charge is 0.0387 e. The van der Waals surface area contributed by atoms with Gasteiger partial charge in [0.25, 0.3) is 0 Å². The van der Waals surface area contributed by atoms with Gasteiger partial charge in [0.15, 0.2) is 0 Å². The monoisotopic (exact) mass is 215 g/mol. The van der Waals surface area contributed by atoms with Crippen LogP contribution in [0.5, 0.6) is 0 Å². The van der Waals surface area contributed by atoms with Crippen LogP contribution in [0.1, 0.15) is 5.56 Å². The summed E-state index contributed by atoms with van der Waals surface area (Å²) < 4.78 is 0. The van der Waals surface area contributed by atoms with Crippen molar-refractivity contribution in [3.63, 3.8) is 0 Å². The molecule has 1 N–H and O–H groups in total. The van der Waals surface area contributed by atoms with Crippen molar-refractivity contribution in [2.24, 2.45) is 0 Å². The molecule has 0 aliphatic heterocycles. The fraction of sp³-hybridized carbons (Fsp3) is 0.0769. The normalized spacial score (nSPS) is 10.0. The third-order valence-corrected chi connectivity index (χ3v) is 2.76. The van der Waals surface area contributed by atoms with Crippen LogP contribution in [0.25, 0.3) is 0 Å². The van der Waals surface area contributed by atoms with Crippen molar-refractivity contribution in [1.29, 1.82) is 0 Å². The number of hydrogen-bond donors (Lipinski definition) is 2. The van der Waals surface area contributed by atoms with Crippen LogP contribution < -0.4 is 5.32 Å². The molecule has 76 valence electrons. The second kappa shape index (κ2) is 4.41. The van der Waals surface area contributed by atoms with Gasteiger partial charge in [-0.2, -0.15) is 0 Å². The molecule has 0 aliphatic carbocycles. The second-order valence-electron chi connectivity index (χ2n) is 3.49. The molecule has 0 unspecified atom stereocenters. The molecule has 0 radical (unpaired) electrons. The molecule has 1 nitrogen and oxygen atoms in total. The first kappa shape index (κ1) is 10.1. The molecule has 0 saturated carbocycles. The standard InChI is InChI=1S/C13H13NS/c1-10-9-12(7-8-13(10)15)14-11-5-3-2-4-6-11/h2-9,14-15H,1H3. The Morgan fingerprint density at radius 2 is 1.67 bits per heavy atom. The van der Waals surface area contributed by atoms with Crippen molar-refractivity contribution in [3.05, 3.63) is 54.1 Å². The van der Waals surface area contributed by atoms with E-state index in [4.69, 9.17) is 0 Å². The Morgan fingerprint density at radius 1 is 0.933 bits per heavy atom. The van der Waals surface area contributed by atoms with E-state index in [0.29, 0.717) is 0 Å². The molecule has 0 saturated heterocycles. The van der Waals surface area contributed by atoms with E-state index in [-0.39, 0.29) is 0 Å².